The third kappa shape index (κ3) is 3.58. The monoisotopic (exact) mass is 304 g/mol. The van der Waals surface area contributed by atoms with Crippen molar-refractivity contribution < 1.29 is 9.47 Å². The maximum Gasteiger partial charge on any atom is 0.231 e. The Hall–Kier alpha value is -1.94. The normalized spacial score (nSPS) is 14.0. The van der Waals surface area contributed by atoms with Crippen LogP contribution < -0.4 is 14.8 Å². The molecule has 110 valence electrons. The summed E-state index contributed by atoms with van der Waals surface area (Å²) in [6.07, 6.45) is 1.96. The molecule has 1 atom stereocenters. The number of aromatic nitrogens is 1. The second-order valence-electron chi connectivity index (χ2n) is 5.12. The fourth-order valence-corrected chi connectivity index (χ4v) is 2.46. The van der Waals surface area contributed by atoms with Gasteiger partial charge in [0.1, 0.15) is 11.0 Å². The molecule has 2 aromatic rings. The smallest absolute Gasteiger partial charge is 0.231 e. The Bertz CT molecular complexity index is 633. The van der Waals surface area contributed by atoms with Crippen molar-refractivity contribution in [1.82, 2.24) is 4.98 Å². The molecule has 1 unspecified atom stereocenters. The standard InChI is InChI=1S/C16H17ClN2O2/c1-11(18-16-4-2-3-15(17)19-16)5-6-12-7-8-13-14(9-12)21-10-20-13/h2-4,7-9,11H,5-6,10H2,1H3,(H,18,19). The predicted octanol–water partition coefficient (Wildman–Crippen LogP) is 3.90. The van der Waals surface area contributed by atoms with E-state index in [0.717, 1.165) is 30.2 Å². The van der Waals surface area contributed by atoms with Gasteiger partial charge in [0.05, 0.1) is 0 Å². The average molecular weight is 305 g/mol. The van der Waals surface area contributed by atoms with Gasteiger partial charge in [-0.1, -0.05) is 23.7 Å². The molecule has 0 saturated carbocycles. The van der Waals surface area contributed by atoms with Crippen LogP contribution in [0.3, 0.4) is 0 Å². The van der Waals surface area contributed by atoms with E-state index < -0.39 is 0 Å². The maximum atomic E-state index is 5.88. The fourth-order valence-electron chi connectivity index (χ4n) is 2.29. The van der Waals surface area contributed by atoms with Gasteiger partial charge in [0.25, 0.3) is 0 Å². The summed E-state index contributed by atoms with van der Waals surface area (Å²) >= 11 is 5.88. The Kier molecular flexibility index (Phi) is 4.15. The molecule has 5 heteroatoms. The summed E-state index contributed by atoms with van der Waals surface area (Å²) in [5.74, 6) is 2.47. The van der Waals surface area contributed by atoms with E-state index in [2.05, 4.69) is 23.3 Å². The number of aryl methyl sites for hydroxylation is 1. The molecule has 0 spiro atoms. The third-order valence-electron chi connectivity index (χ3n) is 3.41. The van der Waals surface area contributed by atoms with Crippen LogP contribution in [0.2, 0.25) is 5.15 Å². The van der Waals surface area contributed by atoms with Crippen molar-refractivity contribution in [2.45, 2.75) is 25.8 Å². The largest absolute Gasteiger partial charge is 0.454 e. The molecule has 3 rings (SSSR count). The van der Waals surface area contributed by atoms with E-state index in [9.17, 15) is 0 Å². The van der Waals surface area contributed by atoms with Gasteiger partial charge in [0, 0.05) is 6.04 Å². The van der Waals surface area contributed by atoms with Crippen LogP contribution in [0.4, 0.5) is 5.82 Å². The van der Waals surface area contributed by atoms with Crippen LogP contribution >= 0.6 is 11.6 Å². The number of fused-ring (bicyclic) bond motifs is 1. The molecule has 1 aliphatic rings. The van der Waals surface area contributed by atoms with Crippen molar-refractivity contribution in [2.24, 2.45) is 0 Å². The first kappa shape index (κ1) is 14.0. The minimum absolute atomic E-state index is 0.307. The summed E-state index contributed by atoms with van der Waals surface area (Å²) in [5, 5.41) is 3.86. The third-order valence-corrected chi connectivity index (χ3v) is 3.62. The van der Waals surface area contributed by atoms with Gasteiger partial charge in [-0.05, 0) is 49.6 Å². The summed E-state index contributed by atoms with van der Waals surface area (Å²) in [6.45, 7) is 2.45. The van der Waals surface area contributed by atoms with Gasteiger partial charge in [-0.2, -0.15) is 0 Å². The van der Waals surface area contributed by atoms with E-state index in [1.165, 1.54) is 5.56 Å². The first-order valence-electron chi connectivity index (χ1n) is 6.98. The Labute approximate surface area is 129 Å². The molecule has 1 aromatic carbocycles. The molecule has 0 fully saturated rings. The quantitative estimate of drug-likeness (QED) is 0.851. The molecule has 21 heavy (non-hydrogen) atoms. The Morgan fingerprint density at radius 1 is 1.24 bits per heavy atom. The van der Waals surface area contributed by atoms with E-state index in [0.29, 0.717) is 18.0 Å². The maximum absolute atomic E-state index is 5.88. The highest BCUT2D eigenvalue weighted by Gasteiger charge is 2.13. The number of benzene rings is 1. The van der Waals surface area contributed by atoms with E-state index in [4.69, 9.17) is 21.1 Å². The number of nitrogens with zero attached hydrogens (tertiary/aromatic N) is 1. The van der Waals surface area contributed by atoms with Crippen LogP contribution in [0.15, 0.2) is 36.4 Å². The predicted molar refractivity (Wildman–Crippen MR) is 83.2 cm³/mol. The van der Waals surface area contributed by atoms with Crippen LogP contribution in [0.25, 0.3) is 0 Å². The number of hydrogen-bond acceptors (Lipinski definition) is 4. The lowest BCUT2D eigenvalue weighted by Gasteiger charge is -2.14. The zero-order valence-electron chi connectivity index (χ0n) is 11.8. The van der Waals surface area contributed by atoms with E-state index in [1.807, 2.05) is 24.3 Å². The molecule has 0 amide bonds. The summed E-state index contributed by atoms with van der Waals surface area (Å²) in [6, 6.07) is 12.0. The number of pyridine rings is 1. The van der Waals surface area contributed by atoms with Crippen LogP contribution in [-0.2, 0) is 6.42 Å². The fraction of sp³-hybridized carbons (Fsp3) is 0.312. The number of halogens is 1. The molecule has 0 radical (unpaired) electrons. The number of anilines is 1. The molecule has 1 aromatic heterocycles. The van der Waals surface area contributed by atoms with E-state index in [-0.39, 0.29) is 0 Å². The summed E-state index contributed by atoms with van der Waals surface area (Å²) in [4.78, 5) is 4.23. The molecule has 1 N–H and O–H groups in total. The summed E-state index contributed by atoms with van der Waals surface area (Å²) in [7, 11) is 0. The molecule has 1 aliphatic heterocycles. The Balaban J connectivity index is 1.55. The molecule has 0 saturated heterocycles. The zero-order valence-corrected chi connectivity index (χ0v) is 12.6. The molecular formula is C16H17ClN2O2. The van der Waals surface area contributed by atoms with Gasteiger partial charge in [-0.15, -0.1) is 0 Å². The lowest BCUT2D eigenvalue weighted by Crippen LogP contribution is -2.16. The number of ether oxygens (including phenoxy) is 2. The SMILES string of the molecule is CC(CCc1ccc2c(c1)OCO2)Nc1cccc(Cl)n1. The van der Waals surface area contributed by atoms with Gasteiger partial charge in [-0.3, -0.25) is 0 Å². The number of nitrogens with one attached hydrogen (secondary N) is 1. The molecule has 0 aliphatic carbocycles. The van der Waals surface area contributed by atoms with Gasteiger partial charge in [-0.25, -0.2) is 4.98 Å². The Morgan fingerprint density at radius 2 is 2.10 bits per heavy atom. The highest BCUT2D eigenvalue weighted by Crippen LogP contribution is 2.32. The molecule has 2 heterocycles. The molecular weight excluding hydrogens is 288 g/mol. The topological polar surface area (TPSA) is 43.4 Å². The molecule has 0 bridgehead atoms. The van der Waals surface area contributed by atoms with Crippen LogP contribution in [-0.4, -0.2) is 17.8 Å². The van der Waals surface area contributed by atoms with Crippen molar-refractivity contribution in [3.63, 3.8) is 0 Å². The second-order valence-corrected chi connectivity index (χ2v) is 5.50. The number of hydrogen-bond donors (Lipinski definition) is 1. The van der Waals surface area contributed by atoms with Crippen molar-refractivity contribution in [3.05, 3.63) is 47.1 Å². The first-order valence-corrected chi connectivity index (χ1v) is 7.36. The van der Waals surface area contributed by atoms with Crippen molar-refractivity contribution in [1.29, 1.82) is 0 Å². The van der Waals surface area contributed by atoms with Crippen molar-refractivity contribution in [3.8, 4) is 11.5 Å². The Morgan fingerprint density at radius 3 is 2.95 bits per heavy atom. The minimum atomic E-state index is 0.307. The highest BCUT2D eigenvalue weighted by atomic mass is 35.5. The van der Waals surface area contributed by atoms with Gasteiger partial charge in [0.15, 0.2) is 11.5 Å². The minimum Gasteiger partial charge on any atom is -0.454 e. The number of rotatable bonds is 5. The lowest BCUT2D eigenvalue weighted by molar-refractivity contribution is 0.174. The van der Waals surface area contributed by atoms with Gasteiger partial charge in [0.2, 0.25) is 6.79 Å². The van der Waals surface area contributed by atoms with Crippen molar-refractivity contribution in [2.75, 3.05) is 12.1 Å². The van der Waals surface area contributed by atoms with Crippen LogP contribution in [0, 0.1) is 0 Å². The van der Waals surface area contributed by atoms with Crippen molar-refractivity contribution >= 4 is 17.4 Å². The second kappa shape index (κ2) is 6.22. The summed E-state index contributed by atoms with van der Waals surface area (Å²) in [5.41, 5.74) is 1.24. The van der Waals surface area contributed by atoms with Gasteiger partial charge >= 0.3 is 0 Å². The van der Waals surface area contributed by atoms with E-state index in [1.54, 1.807) is 6.07 Å². The lowest BCUT2D eigenvalue weighted by atomic mass is 10.1. The van der Waals surface area contributed by atoms with Crippen LogP contribution in [0.5, 0.6) is 11.5 Å². The average Bonchev–Trinajstić information content (AvgIpc) is 2.92. The zero-order chi connectivity index (χ0) is 14.7. The highest BCUT2D eigenvalue weighted by molar-refractivity contribution is 6.29. The summed E-state index contributed by atoms with van der Waals surface area (Å²) < 4.78 is 10.7. The molecule has 4 nitrogen and oxygen atoms in total. The van der Waals surface area contributed by atoms with E-state index >= 15 is 0 Å². The van der Waals surface area contributed by atoms with Crippen LogP contribution in [0.1, 0.15) is 18.9 Å². The first-order chi connectivity index (χ1) is 10.2. The van der Waals surface area contributed by atoms with Gasteiger partial charge < -0.3 is 14.8 Å².